The minimum Gasteiger partial charge on any atom is -0.376 e. The summed E-state index contributed by atoms with van der Waals surface area (Å²) in [5.41, 5.74) is 0. The van der Waals surface area contributed by atoms with Crippen molar-refractivity contribution in [3.8, 4) is 0 Å². The lowest BCUT2D eigenvalue weighted by Gasteiger charge is -2.39. The number of nitrogens with one attached hydrogen (secondary N) is 1. The van der Waals surface area contributed by atoms with Crippen molar-refractivity contribution in [3.05, 3.63) is 0 Å². The topological polar surface area (TPSA) is 24.5 Å². The van der Waals surface area contributed by atoms with Crippen LogP contribution in [0.2, 0.25) is 0 Å². The van der Waals surface area contributed by atoms with Crippen LogP contribution in [0.1, 0.15) is 39.5 Å². The van der Waals surface area contributed by atoms with Crippen LogP contribution in [-0.2, 0) is 4.74 Å². The molecule has 2 fully saturated rings. The molecule has 3 heteroatoms. The molecule has 2 rings (SSSR count). The molecule has 0 aromatic rings. The van der Waals surface area contributed by atoms with Gasteiger partial charge in [0.15, 0.2) is 0 Å². The third kappa shape index (κ3) is 2.76. The van der Waals surface area contributed by atoms with Crippen molar-refractivity contribution in [2.24, 2.45) is 0 Å². The Bertz CT molecular complexity index is 210. The van der Waals surface area contributed by atoms with Gasteiger partial charge in [-0.2, -0.15) is 0 Å². The summed E-state index contributed by atoms with van der Waals surface area (Å²) in [6.45, 7) is 8.73. The summed E-state index contributed by atoms with van der Waals surface area (Å²) in [5.74, 6) is 0. The van der Waals surface area contributed by atoms with Gasteiger partial charge < -0.3 is 10.1 Å². The van der Waals surface area contributed by atoms with Crippen molar-refractivity contribution in [1.82, 2.24) is 10.2 Å². The summed E-state index contributed by atoms with van der Waals surface area (Å²) in [4.78, 5) is 2.66. The number of morpholine rings is 1. The van der Waals surface area contributed by atoms with Crippen LogP contribution in [0.15, 0.2) is 0 Å². The predicted molar refractivity (Wildman–Crippen MR) is 66.7 cm³/mol. The van der Waals surface area contributed by atoms with E-state index in [-0.39, 0.29) is 0 Å². The van der Waals surface area contributed by atoms with E-state index in [1.54, 1.807) is 0 Å². The molecule has 0 aromatic carbocycles. The highest BCUT2D eigenvalue weighted by Gasteiger charge is 2.33. The number of likely N-dealkylation sites (N-methyl/N-ethyl adjacent to an activating group) is 1. The first-order valence-electron chi connectivity index (χ1n) is 6.94. The Morgan fingerprint density at radius 1 is 1.31 bits per heavy atom. The van der Waals surface area contributed by atoms with Gasteiger partial charge in [0.05, 0.1) is 12.7 Å². The van der Waals surface area contributed by atoms with Crippen molar-refractivity contribution in [2.45, 2.75) is 57.7 Å². The van der Waals surface area contributed by atoms with E-state index < -0.39 is 0 Å². The van der Waals surface area contributed by atoms with Crippen molar-refractivity contribution in [3.63, 3.8) is 0 Å². The quantitative estimate of drug-likeness (QED) is 0.788. The fraction of sp³-hybridized carbons (Fsp3) is 1.00. The molecule has 2 aliphatic rings. The molecule has 16 heavy (non-hydrogen) atoms. The van der Waals surface area contributed by atoms with Crippen molar-refractivity contribution >= 4 is 0 Å². The van der Waals surface area contributed by atoms with E-state index in [0.29, 0.717) is 6.10 Å². The smallest absolute Gasteiger partial charge is 0.0700 e. The van der Waals surface area contributed by atoms with Crippen LogP contribution >= 0.6 is 0 Å². The Kier molecular flexibility index (Phi) is 4.62. The molecule has 0 aromatic heterocycles. The highest BCUT2D eigenvalue weighted by Crippen LogP contribution is 2.26. The Labute approximate surface area is 99.5 Å². The van der Waals surface area contributed by atoms with Gasteiger partial charge >= 0.3 is 0 Å². The average Bonchev–Trinajstić information content (AvgIpc) is 2.78. The van der Waals surface area contributed by atoms with Gasteiger partial charge in [0.1, 0.15) is 0 Å². The monoisotopic (exact) mass is 226 g/mol. The highest BCUT2D eigenvalue weighted by atomic mass is 16.5. The molecule has 1 N–H and O–H groups in total. The lowest BCUT2D eigenvalue weighted by atomic mass is 10.1. The molecule has 0 amide bonds. The summed E-state index contributed by atoms with van der Waals surface area (Å²) < 4.78 is 5.75. The van der Waals surface area contributed by atoms with E-state index >= 15 is 0 Å². The fourth-order valence-corrected chi connectivity index (χ4v) is 3.17. The van der Waals surface area contributed by atoms with E-state index in [0.717, 1.165) is 44.7 Å². The van der Waals surface area contributed by atoms with Crippen LogP contribution in [0.4, 0.5) is 0 Å². The zero-order valence-corrected chi connectivity index (χ0v) is 10.7. The van der Waals surface area contributed by atoms with Gasteiger partial charge in [-0.05, 0) is 25.8 Å². The van der Waals surface area contributed by atoms with Gasteiger partial charge in [0, 0.05) is 25.2 Å². The van der Waals surface area contributed by atoms with Gasteiger partial charge in [-0.3, -0.25) is 4.90 Å². The second-order valence-electron chi connectivity index (χ2n) is 5.06. The summed E-state index contributed by atoms with van der Waals surface area (Å²) >= 11 is 0. The molecule has 3 unspecified atom stereocenters. The Morgan fingerprint density at radius 3 is 2.94 bits per heavy atom. The molecule has 1 aliphatic carbocycles. The third-order valence-electron chi connectivity index (χ3n) is 4.04. The van der Waals surface area contributed by atoms with E-state index in [1.165, 1.54) is 19.3 Å². The van der Waals surface area contributed by atoms with Gasteiger partial charge in [0.2, 0.25) is 0 Å². The summed E-state index contributed by atoms with van der Waals surface area (Å²) in [6, 6.07) is 1.48. The molecule has 0 bridgehead atoms. The van der Waals surface area contributed by atoms with Crippen LogP contribution < -0.4 is 5.32 Å². The summed E-state index contributed by atoms with van der Waals surface area (Å²) in [7, 11) is 0. The van der Waals surface area contributed by atoms with Crippen molar-refractivity contribution in [1.29, 1.82) is 0 Å². The average molecular weight is 226 g/mol. The second-order valence-corrected chi connectivity index (χ2v) is 5.06. The number of hydrogen-bond donors (Lipinski definition) is 1. The first kappa shape index (κ1) is 12.3. The predicted octanol–water partition coefficient (Wildman–Crippen LogP) is 1.63. The molecule has 3 atom stereocenters. The number of rotatable bonds is 4. The van der Waals surface area contributed by atoms with Gasteiger partial charge in [-0.1, -0.05) is 20.3 Å². The minimum absolute atomic E-state index is 0.469. The number of hydrogen-bond acceptors (Lipinski definition) is 3. The number of ether oxygens (including phenoxy) is 1. The molecule has 1 heterocycles. The van der Waals surface area contributed by atoms with Crippen LogP contribution in [0, 0.1) is 0 Å². The zero-order valence-electron chi connectivity index (χ0n) is 10.7. The molecule has 1 aliphatic heterocycles. The summed E-state index contributed by atoms with van der Waals surface area (Å²) in [6.07, 6.45) is 5.73. The maximum absolute atomic E-state index is 5.75. The molecular weight excluding hydrogens is 200 g/mol. The van der Waals surface area contributed by atoms with Crippen molar-refractivity contribution < 1.29 is 4.74 Å². The SMILES string of the molecule is CCNC1CCCC1N1CCOC(CC)C1. The van der Waals surface area contributed by atoms with E-state index in [9.17, 15) is 0 Å². The van der Waals surface area contributed by atoms with E-state index in [1.807, 2.05) is 0 Å². The molecule has 1 saturated carbocycles. The third-order valence-corrected chi connectivity index (χ3v) is 4.04. The molecule has 0 radical (unpaired) electrons. The first-order valence-corrected chi connectivity index (χ1v) is 6.94. The minimum atomic E-state index is 0.469. The normalized spacial score (nSPS) is 36.8. The van der Waals surface area contributed by atoms with E-state index in [4.69, 9.17) is 4.74 Å². The fourth-order valence-electron chi connectivity index (χ4n) is 3.17. The Hall–Kier alpha value is -0.120. The standard InChI is InChI=1S/C13H26N2O/c1-3-11-10-15(8-9-16-11)13-7-5-6-12(13)14-4-2/h11-14H,3-10H2,1-2H3. The molecule has 0 spiro atoms. The largest absolute Gasteiger partial charge is 0.376 e. The first-order chi connectivity index (χ1) is 7.85. The lowest BCUT2D eigenvalue weighted by molar-refractivity contribution is -0.0466. The second kappa shape index (κ2) is 5.99. The van der Waals surface area contributed by atoms with Gasteiger partial charge in [-0.25, -0.2) is 0 Å². The highest BCUT2D eigenvalue weighted by molar-refractivity contribution is 4.91. The van der Waals surface area contributed by atoms with Gasteiger partial charge in [-0.15, -0.1) is 0 Å². The Balaban J connectivity index is 1.89. The molecular formula is C13H26N2O. The maximum Gasteiger partial charge on any atom is 0.0700 e. The van der Waals surface area contributed by atoms with Gasteiger partial charge in [0.25, 0.3) is 0 Å². The molecule has 1 saturated heterocycles. The lowest BCUT2D eigenvalue weighted by Crippen LogP contribution is -2.53. The maximum atomic E-state index is 5.75. The van der Waals surface area contributed by atoms with Crippen LogP contribution in [0.3, 0.4) is 0 Å². The van der Waals surface area contributed by atoms with Crippen LogP contribution in [0.5, 0.6) is 0 Å². The molecule has 94 valence electrons. The van der Waals surface area contributed by atoms with E-state index in [2.05, 4.69) is 24.1 Å². The van der Waals surface area contributed by atoms with Crippen LogP contribution in [-0.4, -0.2) is 49.3 Å². The van der Waals surface area contributed by atoms with Crippen LogP contribution in [0.25, 0.3) is 0 Å². The Morgan fingerprint density at radius 2 is 2.19 bits per heavy atom. The summed E-state index contributed by atoms with van der Waals surface area (Å²) in [5, 5.41) is 3.64. The number of nitrogens with zero attached hydrogens (tertiary/aromatic N) is 1. The zero-order chi connectivity index (χ0) is 11.4. The molecule has 3 nitrogen and oxygen atoms in total. The van der Waals surface area contributed by atoms with Crippen molar-refractivity contribution in [2.75, 3.05) is 26.2 Å².